The monoisotopic (exact) mass is 328 g/mol. The zero-order chi connectivity index (χ0) is 17.7. The summed E-state index contributed by atoms with van der Waals surface area (Å²) in [5.41, 5.74) is 0.0552. The van der Waals surface area contributed by atoms with Crippen LogP contribution in [0.1, 0.15) is 20.7 Å². The number of benzene rings is 2. The number of phenols is 2. The number of aliphatic imine (C=N–C) groups is 2. The van der Waals surface area contributed by atoms with Crippen molar-refractivity contribution < 1.29 is 30.0 Å². The molecule has 0 aliphatic rings. The minimum atomic E-state index is -1.27. The van der Waals surface area contributed by atoms with Crippen LogP contribution in [0.3, 0.4) is 0 Å². The molecule has 0 saturated heterocycles. The van der Waals surface area contributed by atoms with Gasteiger partial charge in [-0.1, -0.05) is 0 Å². The van der Waals surface area contributed by atoms with E-state index in [4.69, 9.17) is 10.2 Å². The molecule has 4 N–H and O–H groups in total. The Bertz CT molecular complexity index is 786. The van der Waals surface area contributed by atoms with Crippen LogP contribution in [-0.2, 0) is 0 Å². The molecule has 2 aromatic carbocycles. The van der Waals surface area contributed by atoms with Crippen LogP contribution < -0.4 is 0 Å². The second-order valence-electron chi connectivity index (χ2n) is 4.57. The maximum Gasteiger partial charge on any atom is 0.339 e. The molecule has 0 spiro atoms. The van der Waals surface area contributed by atoms with E-state index in [1.807, 2.05) is 0 Å². The normalized spacial score (nSPS) is 11.2. The van der Waals surface area contributed by atoms with Gasteiger partial charge in [-0.15, -0.1) is 0 Å². The van der Waals surface area contributed by atoms with Gasteiger partial charge in [0.15, 0.2) is 0 Å². The highest BCUT2D eigenvalue weighted by Crippen LogP contribution is 2.24. The molecule has 2 rings (SSSR count). The number of carbonyl (C=O) groups is 2. The van der Waals surface area contributed by atoms with E-state index < -0.39 is 11.9 Å². The first-order chi connectivity index (χ1) is 11.4. The molecule has 0 radical (unpaired) electrons. The Hall–Kier alpha value is -3.68. The smallest absolute Gasteiger partial charge is 0.339 e. The van der Waals surface area contributed by atoms with Gasteiger partial charge in [0.25, 0.3) is 0 Å². The zero-order valence-electron chi connectivity index (χ0n) is 12.1. The lowest BCUT2D eigenvalue weighted by atomic mass is 10.2. The number of hydrogen-bond acceptors (Lipinski definition) is 6. The van der Waals surface area contributed by atoms with Crippen molar-refractivity contribution in [1.82, 2.24) is 0 Å². The predicted octanol–water partition coefficient (Wildman–Crippen LogP) is 2.60. The van der Waals surface area contributed by atoms with Crippen LogP contribution in [0.2, 0.25) is 0 Å². The number of aromatic hydroxyl groups is 2. The number of carboxylic acid groups (broad SMARTS) is 2. The fourth-order valence-corrected chi connectivity index (χ4v) is 1.79. The zero-order valence-corrected chi connectivity index (χ0v) is 12.1. The highest BCUT2D eigenvalue weighted by atomic mass is 16.4. The van der Waals surface area contributed by atoms with Crippen molar-refractivity contribution >= 4 is 35.7 Å². The summed E-state index contributed by atoms with van der Waals surface area (Å²) in [5, 5.41) is 36.6. The van der Waals surface area contributed by atoms with Gasteiger partial charge in [0.2, 0.25) is 0 Å². The standard InChI is InChI=1S/C16H12N2O6/c19-13-3-1-9(7-11(13)15(21)22)17-5-6-18-10-2-4-14(20)12(8-10)16(23)24/h1-8,19-20H,(H,21,22)(H,23,24). The Morgan fingerprint density at radius 1 is 0.750 bits per heavy atom. The Kier molecular flexibility index (Phi) is 4.90. The van der Waals surface area contributed by atoms with E-state index in [0.717, 1.165) is 0 Å². The summed E-state index contributed by atoms with van der Waals surface area (Å²) < 4.78 is 0. The van der Waals surface area contributed by atoms with Gasteiger partial charge in [0.1, 0.15) is 22.6 Å². The third-order valence-corrected chi connectivity index (χ3v) is 2.93. The molecule has 8 heteroatoms. The van der Waals surface area contributed by atoms with Crippen molar-refractivity contribution in [1.29, 1.82) is 0 Å². The van der Waals surface area contributed by atoms with Crippen LogP contribution in [0, 0.1) is 0 Å². The molecule has 0 unspecified atom stereocenters. The Balaban J connectivity index is 2.16. The molecule has 8 nitrogen and oxygen atoms in total. The third kappa shape index (κ3) is 3.95. The van der Waals surface area contributed by atoms with Gasteiger partial charge in [-0.2, -0.15) is 0 Å². The van der Waals surface area contributed by atoms with Gasteiger partial charge in [-0.25, -0.2) is 9.59 Å². The molecule has 2 aromatic rings. The largest absolute Gasteiger partial charge is 0.507 e. The first-order valence-electron chi connectivity index (χ1n) is 6.58. The molecule has 0 saturated carbocycles. The van der Waals surface area contributed by atoms with Crippen molar-refractivity contribution in [3.63, 3.8) is 0 Å². The quantitative estimate of drug-likeness (QED) is 0.622. The molecular weight excluding hydrogens is 316 g/mol. The van der Waals surface area contributed by atoms with E-state index in [9.17, 15) is 19.8 Å². The molecule has 0 amide bonds. The summed E-state index contributed by atoms with van der Waals surface area (Å²) >= 11 is 0. The number of nitrogens with zero attached hydrogens (tertiary/aromatic N) is 2. The van der Waals surface area contributed by atoms with Crippen LogP contribution in [0.4, 0.5) is 11.4 Å². The van der Waals surface area contributed by atoms with Crippen LogP contribution in [0.25, 0.3) is 0 Å². The van der Waals surface area contributed by atoms with E-state index in [1.54, 1.807) is 0 Å². The molecule has 0 aliphatic heterocycles. The van der Waals surface area contributed by atoms with E-state index in [0.29, 0.717) is 11.4 Å². The van der Waals surface area contributed by atoms with E-state index in [1.165, 1.54) is 48.8 Å². The average Bonchev–Trinajstić information content (AvgIpc) is 2.53. The summed E-state index contributed by atoms with van der Waals surface area (Å²) in [6.07, 6.45) is 2.57. The van der Waals surface area contributed by atoms with Crippen molar-refractivity contribution in [3.8, 4) is 11.5 Å². The van der Waals surface area contributed by atoms with Crippen molar-refractivity contribution in [2.75, 3.05) is 0 Å². The number of hydrogen-bond donors (Lipinski definition) is 4. The summed E-state index contributed by atoms with van der Waals surface area (Å²) in [5.74, 6) is -3.27. The fraction of sp³-hybridized carbons (Fsp3) is 0. The molecular formula is C16H12N2O6. The second kappa shape index (κ2) is 7.05. The number of carboxylic acids is 2. The summed E-state index contributed by atoms with van der Waals surface area (Å²) in [7, 11) is 0. The molecule has 0 atom stereocenters. The lowest BCUT2D eigenvalue weighted by Crippen LogP contribution is -1.96. The van der Waals surface area contributed by atoms with Gasteiger partial charge < -0.3 is 20.4 Å². The van der Waals surface area contributed by atoms with E-state index in [-0.39, 0.29) is 22.6 Å². The molecule has 0 aliphatic carbocycles. The van der Waals surface area contributed by atoms with E-state index in [2.05, 4.69) is 9.98 Å². The van der Waals surface area contributed by atoms with Crippen molar-refractivity contribution in [2.45, 2.75) is 0 Å². The molecule has 0 bridgehead atoms. The summed E-state index contributed by atoms with van der Waals surface area (Å²) in [6, 6.07) is 7.68. The Labute approximate surface area is 135 Å². The lowest BCUT2D eigenvalue weighted by molar-refractivity contribution is 0.0682. The van der Waals surface area contributed by atoms with Crippen molar-refractivity contribution in [3.05, 3.63) is 47.5 Å². The highest BCUT2D eigenvalue weighted by molar-refractivity contribution is 6.17. The maximum atomic E-state index is 10.9. The van der Waals surface area contributed by atoms with Crippen LogP contribution in [0.5, 0.6) is 11.5 Å². The fourth-order valence-electron chi connectivity index (χ4n) is 1.79. The van der Waals surface area contributed by atoms with Gasteiger partial charge in [-0.05, 0) is 36.4 Å². The van der Waals surface area contributed by atoms with Gasteiger partial charge in [-0.3, -0.25) is 9.98 Å². The van der Waals surface area contributed by atoms with Gasteiger partial charge in [0.05, 0.1) is 11.4 Å². The molecule has 0 fully saturated rings. The van der Waals surface area contributed by atoms with Crippen LogP contribution in [0.15, 0.2) is 46.4 Å². The summed E-state index contributed by atoms with van der Waals surface area (Å²) in [6.45, 7) is 0. The lowest BCUT2D eigenvalue weighted by Gasteiger charge is -2.00. The third-order valence-electron chi connectivity index (χ3n) is 2.93. The minimum Gasteiger partial charge on any atom is -0.507 e. The Morgan fingerprint density at radius 2 is 1.12 bits per heavy atom. The highest BCUT2D eigenvalue weighted by Gasteiger charge is 2.10. The molecule has 0 heterocycles. The molecule has 24 heavy (non-hydrogen) atoms. The van der Waals surface area contributed by atoms with E-state index >= 15 is 0 Å². The summed E-state index contributed by atoms with van der Waals surface area (Å²) in [4.78, 5) is 29.7. The average molecular weight is 328 g/mol. The second-order valence-corrected chi connectivity index (χ2v) is 4.57. The Morgan fingerprint density at radius 3 is 1.46 bits per heavy atom. The van der Waals surface area contributed by atoms with Crippen LogP contribution >= 0.6 is 0 Å². The van der Waals surface area contributed by atoms with Crippen LogP contribution in [-0.4, -0.2) is 44.8 Å². The van der Waals surface area contributed by atoms with Gasteiger partial charge >= 0.3 is 11.9 Å². The topological polar surface area (TPSA) is 140 Å². The minimum absolute atomic E-state index is 0.272. The van der Waals surface area contributed by atoms with Crippen molar-refractivity contribution in [2.24, 2.45) is 9.98 Å². The SMILES string of the molecule is O=C(O)c1cc(N=CC=Nc2ccc(O)c(C(=O)O)c2)ccc1O. The molecule has 0 aromatic heterocycles. The first kappa shape index (κ1) is 16.7. The number of aromatic carboxylic acids is 2. The predicted molar refractivity (Wildman–Crippen MR) is 86.4 cm³/mol. The number of rotatable bonds is 5. The first-order valence-corrected chi connectivity index (χ1v) is 6.58. The van der Waals surface area contributed by atoms with Gasteiger partial charge in [0, 0.05) is 12.4 Å². The molecule has 122 valence electrons. The maximum absolute atomic E-state index is 10.9.